The molecule has 9 heteroatoms. The summed E-state index contributed by atoms with van der Waals surface area (Å²) in [6.07, 6.45) is -7.16. The second kappa shape index (κ2) is 4.56. The van der Waals surface area contributed by atoms with E-state index in [9.17, 15) is 26.3 Å². The fourth-order valence-corrected chi connectivity index (χ4v) is 1.45. The van der Waals surface area contributed by atoms with Gasteiger partial charge >= 0.3 is 6.18 Å². The van der Waals surface area contributed by atoms with E-state index in [0.29, 0.717) is 16.8 Å². The van der Waals surface area contributed by atoms with Crippen LogP contribution < -0.4 is 0 Å². The van der Waals surface area contributed by atoms with E-state index in [1.807, 2.05) is 0 Å². The van der Waals surface area contributed by atoms with Crippen LogP contribution in [-0.4, -0.2) is 15.0 Å². The van der Waals surface area contributed by atoms with Crippen molar-refractivity contribution in [3.05, 3.63) is 41.5 Å². The summed E-state index contributed by atoms with van der Waals surface area (Å²) in [7, 11) is 0. The molecule has 102 valence electrons. The van der Waals surface area contributed by atoms with Crippen molar-refractivity contribution in [1.82, 2.24) is 15.0 Å². The summed E-state index contributed by atoms with van der Waals surface area (Å²) in [6, 6.07) is 1.84. The van der Waals surface area contributed by atoms with Crippen LogP contribution in [0.4, 0.5) is 26.3 Å². The van der Waals surface area contributed by atoms with Crippen molar-refractivity contribution in [2.75, 3.05) is 0 Å². The number of benzene rings is 1. The molecule has 19 heavy (non-hydrogen) atoms. The molecule has 0 aliphatic carbocycles. The molecule has 0 atom stereocenters. The first kappa shape index (κ1) is 13.4. The molecule has 0 spiro atoms. The number of alkyl halides is 5. The van der Waals surface area contributed by atoms with Crippen molar-refractivity contribution in [3.8, 4) is 5.69 Å². The van der Waals surface area contributed by atoms with Crippen LogP contribution in [0.25, 0.3) is 5.69 Å². The highest BCUT2D eigenvalue weighted by molar-refractivity contribution is 5.38. The molecular weight excluding hydrogens is 276 g/mol. The molecule has 0 bridgehead atoms. The van der Waals surface area contributed by atoms with E-state index in [2.05, 4.69) is 10.3 Å². The van der Waals surface area contributed by atoms with Gasteiger partial charge in [-0.3, -0.25) is 0 Å². The molecule has 0 aliphatic rings. The highest BCUT2D eigenvalue weighted by atomic mass is 19.4. The average Bonchev–Trinajstić information content (AvgIpc) is 2.77. The van der Waals surface area contributed by atoms with Crippen molar-refractivity contribution in [2.24, 2.45) is 0 Å². The summed E-state index contributed by atoms with van der Waals surface area (Å²) in [6.45, 7) is 0. The summed E-state index contributed by atoms with van der Waals surface area (Å²) in [5, 5.41) is 6.45. The van der Waals surface area contributed by atoms with Gasteiger partial charge in [-0.1, -0.05) is 5.21 Å². The normalized spacial score (nSPS) is 12.2. The number of hydrogen-bond donors (Lipinski definition) is 0. The zero-order valence-corrected chi connectivity index (χ0v) is 9.00. The molecule has 0 fully saturated rings. The van der Waals surface area contributed by atoms with Crippen LogP contribution >= 0.6 is 0 Å². The molecule has 0 N–H and O–H groups in total. The molecule has 0 amide bonds. The second-order valence-electron chi connectivity index (χ2n) is 3.53. The lowest BCUT2D eigenvalue weighted by Crippen LogP contribution is -2.10. The lowest BCUT2D eigenvalue weighted by atomic mass is 10.2. The van der Waals surface area contributed by atoms with Gasteiger partial charge in [-0.05, 0) is 18.2 Å². The van der Waals surface area contributed by atoms with Gasteiger partial charge in [-0.15, -0.1) is 5.10 Å². The van der Waals surface area contributed by atoms with Gasteiger partial charge in [-0.25, -0.2) is 17.9 Å². The van der Waals surface area contributed by atoms with Gasteiger partial charge < -0.3 is 0 Å². The van der Waals surface area contributed by atoms with E-state index in [4.69, 9.17) is 0 Å². The first-order valence-corrected chi connectivity index (χ1v) is 4.86. The van der Waals surface area contributed by atoms with E-state index < -0.39 is 29.7 Å². The molecule has 0 unspecified atom stereocenters. The van der Waals surface area contributed by atoms with Gasteiger partial charge in [-0.2, -0.15) is 13.2 Å². The van der Waals surface area contributed by atoms with Gasteiger partial charge in [0.25, 0.3) is 6.43 Å². The van der Waals surface area contributed by atoms with Crippen molar-refractivity contribution in [1.29, 1.82) is 0 Å². The number of aromatic nitrogens is 3. The Morgan fingerprint density at radius 1 is 1.16 bits per heavy atom. The van der Waals surface area contributed by atoms with Crippen LogP contribution in [0, 0.1) is 5.82 Å². The highest BCUT2D eigenvalue weighted by Crippen LogP contribution is 2.33. The molecule has 0 saturated heterocycles. The Balaban J connectivity index is 2.55. The Labute approximate surface area is 102 Å². The Morgan fingerprint density at radius 2 is 1.84 bits per heavy atom. The topological polar surface area (TPSA) is 30.7 Å². The Hall–Kier alpha value is -2.06. The third-order valence-corrected chi connectivity index (χ3v) is 2.30. The van der Waals surface area contributed by atoms with E-state index in [-0.39, 0.29) is 5.69 Å². The average molecular weight is 281 g/mol. The summed E-state index contributed by atoms with van der Waals surface area (Å²) < 4.78 is 76.2. The number of rotatable bonds is 2. The highest BCUT2D eigenvalue weighted by Gasteiger charge is 2.34. The Morgan fingerprint density at radius 3 is 2.42 bits per heavy atom. The number of nitrogens with zero attached hydrogens (tertiary/aromatic N) is 3. The maximum Gasteiger partial charge on any atom is 0.419 e. The Bertz CT molecular complexity index is 589. The Kier molecular flexibility index (Phi) is 3.21. The van der Waals surface area contributed by atoms with E-state index in [1.54, 1.807) is 0 Å². The summed E-state index contributed by atoms with van der Waals surface area (Å²) >= 11 is 0. The van der Waals surface area contributed by atoms with Crippen LogP contribution in [0.2, 0.25) is 0 Å². The predicted octanol–water partition coefficient (Wildman–Crippen LogP) is 3.36. The van der Waals surface area contributed by atoms with Crippen molar-refractivity contribution < 1.29 is 26.3 Å². The van der Waals surface area contributed by atoms with E-state index in [0.717, 1.165) is 12.3 Å². The molecule has 1 heterocycles. The van der Waals surface area contributed by atoms with Crippen LogP contribution in [0.5, 0.6) is 0 Å². The fourth-order valence-electron chi connectivity index (χ4n) is 1.45. The van der Waals surface area contributed by atoms with Crippen molar-refractivity contribution >= 4 is 0 Å². The lowest BCUT2D eigenvalue weighted by molar-refractivity contribution is -0.140. The molecule has 1 aromatic heterocycles. The monoisotopic (exact) mass is 281 g/mol. The number of hydrogen-bond acceptors (Lipinski definition) is 2. The largest absolute Gasteiger partial charge is 0.419 e. The molecule has 2 aromatic rings. The quantitative estimate of drug-likeness (QED) is 0.790. The first-order chi connectivity index (χ1) is 8.80. The standard InChI is InChI=1S/C10H5F6N3/c11-7-2-1-5(3-6(7)10(14,15)16)19-8(9(12)13)4-17-18-19/h1-4,9H. The van der Waals surface area contributed by atoms with Crippen LogP contribution in [0.3, 0.4) is 0 Å². The van der Waals surface area contributed by atoms with Gasteiger partial charge in [0.1, 0.15) is 11.5 Å². The fraction of sp³-hybridized carbons (Fsp3) is 0.200. The molecule has 0 aliphatic heterocycles. The van der Waals surface area contributed by atoms with Crippen LogP contribution in [0.1, 0.15) is 17.7 Å². The minimum Gasteiger partial charge on any atom is -0.212 e. The van der Waals surface area contributed by atoms with Gasteiger partial charge in [0.2, 0.25) is 0 Å². The molecule has 2 rings (SSSR count). The zero-order chi connectivity index (χ0) is 14.2. The molecule has 0 saturated carbocycles. The molecular formula is C10H5F6N3. The van der Waals surface area contributed by atoms with E-state index >= 15 is 0 Å². The summed E-state index contributed by atoms with van der Waals surface area (Å²) in [4.78, 5) is 0. The third kappa shape index (κ3) is 2.54. The maximum absolute atomic E-state index is 13.1. The molecule has 0 radical (unpaired) electrons. The van der Waals surface area contributed by atoms with Gasteiger partial charge in [0.05, 0.1) is 17.4 Å². The smallest absolute Gasteiger partial charge is 0.212 e. The second-order valence-corrected chi connectivity index (χ2v) is 3.53. The number of halogens is 6. The van der Waals surface area contributed by atoms with Crippen LogP contribution in [-0.2, 0) is 6.18 Å². The van der Waals surface area contributed by atoms with Gasteiger partial charge in [0, 0.05) is 0 Å². The zero-order valence-electron chi connectivity index (χ0n) is 9.00. The van der Waals surface area contributed by atoms with Crippen LogP contribution in [0.15, 0.2) is 24.4 Å². The molecule has 3 nitrogen and oxygen atoms in total. The first-order valence-electron chi connectivity index (χ1n) is 4.86. The van der Waals surface area contributed by atoms with Gasteiger partial charge in [0.15, 0.2) is 0 Å². The minimum atomic E-state index is -4.92. The lowest BCUT2D eigenvalue weighted by Gasteiger charge is -2.11. The summed E-state index contributed by atoms with van der Waals surface area (Å²) in [5.74, 6) is -1.49. The van der Waals surface area contributed by atoms with E-state index in [1.165, 1.54) is 0 Å². The molecule has 1 aromatic carbocycles. The van der Waals surface area contributed by atoms with Crippen molar-refractivity contribution in [3.63, 3.8) is 0 Å². The maximum atomic E-state index is 13.1. The minimum absolute atomic E-state index is 0.346. The van der Waals surface area contributed by atoms with Crippen molar-refractivity contribution in [2.45, 2.75) is 12.6 Å². The predicted molar refractivity (Wildman–Crippen MR) is 51.3 cm³/mol. The SMILES string of the molecule is Fc1ccc(-n2nncc2C(F)F)cc1C(F)(F)F. The third-order valence-electron chi connectivity index (χ3n) is 2.30. The summed E-state index contributed by atoms with van der Waals surface area (Å²) in [5.41, 5.74) is -2.58.